The van der Waals surface area contributed by atoms with Crippen LogP contribution in [0.2, 0.25) is 5.04 Å². The van der Waals surface area contributed by atoms with Crippen LogP contribution < -0.4 is 27.4 Å². The zero-order valence-electron chi connectivity index (χ0n) is 25.6. The van der Waals surface area contributed by atoms with Gasteiger partial charge in [-0.05, 0) is 46.7 Å². The Morgan fingerprint density at radius 1 is 0.860 bits per heavy atom. The van der Waals surface area contributed by atoms with E-state index in [4.69, 9.17) is 14.9 Å². The number of ether oxygens (including phenoxy) is 1. The van der Waals surface area contributed by atoms with E-state index in [1.54, 1.807) is 17.7 Å². The molecule has 226 valence electrons. The number of hydrogen-bond donors (Lipinski definition) is 1. The lowest BCUT2D eigenvalue weighted by Crippen LogP contribution is -2.67. The van der Waals surface area contributed by atoms with E-state index in [-0.39, 0.29) is 41.0 Å². The van der Waals surface area contributed by atoms with Gasteiger partial charge in [0.05, 0.1) is 6.61 Å². The Labute approximate surface area is 255 Å². The van der Waals surface area contributed by atoms with Gasteiger partial charge >= 0.3 is 5.69 Å². The van der Waals surface area contributed by atoms with Crippen LogP contribution >= 0.6 is 0 Å². The van der Waals surface area contributed by atoms with Crippen molar-refractivity contribution in [2.24, 2.45) is 11.7 Å². The van der Waals surface area contributed by atoms with Gasteiger partial charge in [-0.2, -0.15) is 0 Å². The molecule has 3 unspecified atom stereocenters. The van der Waals surface area contributed by atoms with Gasteiger partial charge < -0.3 is 14.9 Å². The monoisotopic (exact) mass is 597 g/mol. The minimum atomic E-state index is -2.71. The van der Waals surface area contributed by atoms with Crippen molar-refractivity contribution in [3.05, 3.63) is 129 Å². The van der Waals surface area contributed by atoms with E-state index in [0.717, 1.165) is 5.56 Å². The Morgan fingerprint density at radius 2 is 1.42 bits per heavy atom. The standard InChI is InChI=1S/C35H43N3O4Si/c1-26-22-37(34(40)38(33(26)39)25-41-23-27-14-8-5-9-15-27)29-20-28(32(36)21-29)24-42-43(35(2,3)4,30-16-10-6-11-17-30)31-18-12-7-13-19-31/h5-19,22,28-29,32H,20-21,23-25,36H2,1-4H3. The van der Waals surface area contributed by atoms with Crippen LogP contribution in [0.5, 0.6) is 0 Å². The minimum Gasteiger partial charge on any atom is -0.407 e. The SMILES string of the molecule is Cc1cn(C2CC(N)C(CO[Si](c3ccccc3)(c3ccccc3)C(C)(C)C)C2)c(=O)n(COCc2ccccc2)c1=O. The molecule has 1 fully saturated rings. The first kappa shape index (κ1) is 30.9. The van der Waals surface area contributed by atoms with Gasteiger partial charge in [0.25, 0.3) is 13.9 Å². The summed E-state index contributed by atoms with van der Waals surface area (Å²) in [5, 5.41) is 2.32. The first-order chi connectivity index (χ1) is 20.6. The first-order valence-electron chi connectivity index (χ1n) is 15.1. The zero-order valence-corrected chi connectivity index (χ0v) is 26.6. The maximum absolute atomic E-state index is 13.6. The fraction of sp³-hybridized carbons (Fsp3) is 0.371. The van der Waals surface area contributed by atoms with Crippen LogP contribution in [0.15, 0.2) is 107 Å². The van der Waals surface area contributed by atoms with Crippen molar-refractivity contribution in [2.45, 2.75) is 71.0 Å². The quantitative estimate of drug-likeness (QED) is 0.275. The molecule has 7 nitrogen and oxygen atoms in total. The predicted molar refractivity (Wildman–Crippen MR) is 174 cm³/mol. The number of aromatic nitrogens is 2. The molecule has 0 spiro atoms. The molecule has 4 aromatic rings. The highest BCUT2D eigenvalue weighted by Crippen LogP contribution is 2.39. The molecule has 5 rings (SSSR count). The van der Waals surface area contributed by atoms with E-state index in [2.05, 4.69) is 69.3 Å². The fourth-order valence-corrected chi connectivity index (χ4v) is 11.1. The Kier molecular flexibility index (Phi) is 9.32. The molecule has 1 heterocycles. The summed E-state index contributed by atoms with van der Waals surface area (Å²) in [4.78, 5) is 26.5. The van der Waals surface area contributed by atoms with Crippen molar-refractivity contribution < 1.29 is 9.16 Å². The Bertz CT molecular complexity index is 1580. The summed E-state index contributed by atoms with van der Waals surface area (Å²) >= 11 is 0. The number of aryl methyl sites for hydroxylation is 1. The topological polar surface area (TPSA) is 88.5 Å². The van der Waals surface area contributed by atoms with E-state index in [0.29, 0.717) is 31.6 Å². The highest BCUT2D eigenvalue weighted by molar-refractivity contribution is 6.99. The van der Waals surface area contributed by atoms with Crippen molar-refractivity contribution in [1.29, 1.82) is 0 Å². The van der Waals surface area contributed by atoms with E-state index < -0.39 is 8.32 Å². The Morgan fingerprint density at radius 3 is 1.98 bits per heavy atom. The van der Waals surface area contributed by atoms with E-state index in [1.807, 2.05) is 42.5 Å². The molecular formula is C35H43N3O4Si. The summed E-state index contributed by atoms with van der Waals surface area (Å²) in [6.07, 6.45) is 3.01. The molecule has 1 aliphatic carbocycles. The third-order valence-corrected chi connectivity index (χ3v) is 13.8. The first-order valence-corrected chi connectivity index (χ1v) is 17.0. The van der Waals surface area contributed by atoms with Gasteiger partial charge in [-0.15, -0.1) is 0 Å². The average molecular weight is 598 g/mol. The second kappa shape index (κ2) is 13.0. The van der Waals surface area contributed by atoms with Crippen molar-refractivity contribution >= 4 is 18.7 Å². The predicted octanol–water partition coefficient (Wildman–Crippen LogP) is 4.35. The number of nitrogens with two attached hydrogens (primary N) is 1. The molecule has 1 saturated carbocycles. The number of hydrogen-bond acceptors (Lipinski definition) is 5. The average Bonchev–Trinajstić information content (AvgIpc) is 3.38. The molecule has 1 aliphatic rings. The summed E-state index contributed by atoms with van der Waals surface area (Å²) < 4.78 is 15.9. The van der Waals surface area contributed by atoms with Crippen LogP contribution in [-0.4, -0.2) is 30.1 Å². The minimum absolute atomic E-state index is 0.0635. The van der Waals surface area contributed by atoms with E-state index in [9.17, 15) is 9.59 Å². The third-order valence-electron chi connectivity index (χ3n) is 8.75. The van der Waals surface area contributed by atoms with Gasteiger partial charge in [0.1, 0.15) is 6.73 Å². The Hall–Kier alpha value is -3.56. The molecule has 0 saturated heterocycles. The molecule has 8 heteroatoms. The molecule has 2 N–H and O–H groups in total. The van der Waals surface area contributed by atoms with Crippen LogP contribution in [0, 0.1) is 12.8 Å². The normalized spacial score (nSPS) is 19.0. The molecule has 0 aliphatic heterocycles. The van der Waals surface area contributed by atoms with Crippen molar-refractivity contribution in [2.75, 3.05) is 6.61 Å². The maximum atomic E-state index is 13.6. The third kappa shape index (κ3) is 6.38. The highest BCUT2D eigenvalue weighted by atomic mass is 28.4. The molecular weight excluding hydrogens is 554 g/mol. The van der Waals surface area contributed by atoms with Crippen molar-refractivity contribution in [3.63, 3.8) is 0 Å². The summed E-state index contributed by atoms with van der Waals surface area (Å²) in [6.45, 7) is 9.25. The summed E-state index contributed by atoms with van der Waals surface area (Å²) in [5.74, 6) is 0.0635. The molecule has 3 atom stereocenters. The number of benzene rings is 3. The highest BCUT2D eigenvalue weighted by Gasteiger charge is 2.51. The van der Waals surface area contributed by atoms with Crippen molar-refractivity contribution in [3.8, 4) is 0 Å². The van der Waals surface area contributed by atoms with Crippen LogP contribution in [-0.2, 0) is 22.5 Å². The lowest BCUT2D eigenvalue weighted by atomic mass is 10.1. The van der Waals surface area contributed by atoms with E-state index >= 15 is 0 Å². The van der Waals surface area contributed by atoms with Gasteiger partial charge in [-0.1, -0.05) is 112 Å². The summed E-state index contributed by atoms with van der Waals surface area (Å²) in [5.41, 5.74) is 7.54. The molecule has 43 heavy (non-hydrogen) atoms. The molecule has 1 aromatic heterocycles. The molecule has 3 aromatic carbocycles. The van der Waals surface area contributed by atoms with Gasteiger partial charge in [-0.25, -0.2) is 9.36 Å². The lowest BCUT2D eigenvalue weighted by molar-refractivity contribution is 0.0572. The zero-order chi connectivity index (χ0) is 30.6. The summed E-state index contributed by atoms with van der Waals surface area (Å²) in [7, 11) is -2.71. The largest absolute Gasteiger partial charge is 0.407 e. The smallest absolute Gasteiger partial charge is 0.333 e. The van der Waals surface area contributed by atoms with Gasteiger partial charge in [0, 0.05) is 30.5 Å². The lowest BCUT2D eigenvalue weighted by Gasteiger charge is -2.43. The second-order valence-corrected chi connectivity index (χ2v) is 17.0. The van der Waals surface area contributed by atoms with Crippen molar-refractivity contribution in [1.82, 2.24) is 9.13 Å². The molecule has 0 radical (unpaired) electrons. The maximum Gasteiger partial charge on any atom is 0.333 e. The molecule has 0 bridgehead atoms. The molecule has 0 amide bonds. The number of rotatable bonds is 10. The van der Waals surface area contributed by atoms with Crippen LogP contribution in [0.3, 0.4) is 0 Å². The van der Waals surface area contributed by atoms with Crippen LogP contribution in [0.1, 0.15) is 50.8 Å². The van der Waals surface area contributed by atoms with Gasteiger partial charge in [0.2, 0.25) is 0 Å². The van der Waals surface area contributed by atoms with Gasteiger partial charge in [-0.3, -0.25) is 9.36 Å². The Balaban J connectivity index is 1.38. The summed E-state index contributed by atoms with van der Waals surface area (Å²) in [6, 6.07) is 30.6. The van der Waals surface area contributed by atoms with Gasteiger partial charge in [0.15, 0.2) is 0 Å². The van der Waals surface area contributed by atoms with Crippen LogP contribution in [0.25, 0.3) is 0 Å². The van der Waals surface area contributed by atoms with E-state index in [1.165, 1.54) is 14.9 Å². The van der Waals surface area contributed by atoms with Crippen LogP contribution in [0.4, 0.5) is 0 Å². The second-order valence-electron chi connectivity index (χ2n) is 12.7. The number of nitrogens with zero attached hydrogens (tertiary/aromatic N) is 2. The fourth-order valence-electron chi connectivity index (χ4n) is 6.50.